The third-order valence-electron chi connectivity index (χ3n) is 5.57. The lowest BCUT2D eigenvalue weighted by molar-refractivity contribution is -0.148. The lowest BCUT2D eigenvalue weighted by atomic mass is 9.92. The Labute approximate surface area is 186 Å². The number of carbonyl (C=O) groups is 2. The number of thiophene rings is 1. The van der Waals surface area contributed by atoms with E-state index in [0.717, 1.165) is 17.5 Å². The summed E-state index contributed by atoms with van der Waals surface area (Å²) >= 11 is 7.69. The summed E-state index contributed by atoms with van der Waals surface area (Å²) in [4.78, 5) is 31.1. The van der Waals surface area contributed by atoms with Gasteiger partial charge in [0.25, 0.3) is 0 Å². The van der Waals surface area contributed by atoms with Gasteiger partial charge in [0.15, 0.2) is 0 Å². The normalized spacial score (nSPS) is 16.5. The molecule has 1 aromatic carbocycles. The van der Waals surface area contributed by atoms with Crippen molar-refractivity contribution in [3.05, 3.63) is 57.5 Å². The fraction of sp³-hybridized carbons (Fsp3) is 0.478. The van der Waals surface area contributed by atoms with Crippen molar-refractivity contribution in [1.82, 2.24) is 9.80 Å². The van der Waals surface area contributed by atoms with Crippen molar-refractivity contribution in [2.24, 2.45) is 5.41 Å². The molecule has 1 aliphatic rings. The van der Waals surface area contributed by atoms with E-state index in [4.69, 9.17) is 11.6 Å². The maximum atomic E-state index is 13.5. The van der Waals surface area contributed by atoms with Crippen LogP contribution in [-0.4, -0.2) is 46.6 Å². The van der Waals surface area contributed by atoms with Crippen LogP contribution in [0.4, 0.5) is 4.39 Å². The molecular weight excluding hydrogens is 423 g/mol. The minimum atomic E-state index is -0.745. The van der Waals surface area contributed by atoms with Gasteiger partial charge in [-0.05, 0) is 68.8 Å². The zero-order chi connectivity index (χ0) is 22.1. The van der Waals surface area contributed by atoms with Crippen LogP contribution >= 0.6 is 22.9 Å². The maximum Gasteiger partial charge on any atom is 0.243 e. The van der Waals surface area contributed by atoms with Crippen molar-refractivity contribution in [2.45, 2.75) is 46.2 Å². The Morgan fingerprint density at radius 2 is 1.93 bits per heavy atom. The Hall–Kier alpha value is -1.92. The Balaban J connectivity index is 1.91. The van der Waals surface area contributed by atoms with E-state index in [0.29, 0.717) is 6.54 Å². The van der Waals surface area contributed by atoms with Crippen LogP contribution in [0.15, 0.2) is 35.7 Å². The van der Waals surface area contributed by atoms with E-state index in [1.165, 1.54) is 17.0 Å². The van der Waals surface area contributed by atoms with E-state index in [1.807, 2.05) is 30.2 Å². The van der Waals surface area contributed by atoms with Crippen LogP contribution in [0.3, 0.4) is 0 Å². The van der Waals surface area contributed by atoms with Crippen molar-refractivity contribution in [3.63, 3.8) is 0 Å². The van der Waals surface area contributed by atoms with Crippen LogP contribution in [0.2, 0.25) is 0 Å². The van der Waals surface area contributed by atoms with E-state index in [1.54, 1.807) is 42.2 Å². The van der Waals surface area contributed by atoms with Gasteiger partial charge < -0.3 is 9.80 Å². The first-order valence-electron chi connectivity index (χ1n) is 10.1. The molecule has 7 heteroatoms. The summed E-state index contributed by atoms with van der Waals surface area (Å²) in [7, 11) is 0. The van der Waals surface area contributed by atoms with E-state index in [9.17, 15) is 14.0 Å². The number of nitrogens with zero attached hydrogens (tertiary/aromatic N) is 2. The number of carbonyl (C=O) groups excluding carboxylic acids is 2. The minimum absolute atomic E-state index is 0.00597. The van der Waals surface area contributed by atoms with Gasteiger partial charge in [-0.3, -0.25) is 9.59 Å². The fourth-order valence-electron chi connectivity index (χ4n) is 3.76. The average Bonchev–Trinajstić information content (AvgIpc) is 3.20. The Kier molecular flexibility index (Phi) is 6.88. The number of benzene rings is 1. The summed E-state index contributed by atoms with van der Waals surface area (Å²) in [6.07, 6.45) is 0.777. The Morgan fingerprint density at radius 1 is 1.27 bits per heavy atom. The molecule has 4 nitrogen and oxygen atoms in total. The third kappa shape index (κ3) is 4.54. The predicted molar refractivity (Wildman–Crippen MR) is 119 cm³/mol. The van der Waals surface area contributed by atoms with E-state index < -0.39 is 5.41 Å². The van der Waals surface area contributed by atoms with Gasteiger partial charge in [0.2, 0.25) is 11.8 Å². The molecule has 0 N–H and O–H groups in total. The van der Waals surface area contributed by atoms with E-state index >= 15 is 0 Å². The molecule has 30 heavy (non-hydrogen) atoms. The highest BCUT2D eigenvalue weighted by molar-refractivity contribution is 7.10. The second-order valence-corrected chi connectivity index (χ2v) is 9.90. The standard InChI is InChI=1S/C23H28ClFN2O2S/c1-15(2)27(22(29)23(3,4)14-24)13-20(28)26-11-9-19-18(10-12-30-19)21(26)16-5-7-17(25)8-6-16/h5-8,10,12,15,21H,9,11,13-14H2,1-4H3. The molecule has 0 spiro atoms. The molecule has 2 aromatic rings. The average molecular weight is 451 g/mol. The van der Waals surface area contributed by atoms with Crippen LogP contribution in [0.25, 0.3) is 0 Å². The first-order chi connectivity index (χ1) is 14.2. The molecule has 3 rings (SSSR count). The maximum absolute atomic E-state index is 13.5. The number of rotatable bonds is 6. The van der Waals surface area contributed by atoms with Crippen LogP contribution in [0.1, 0.15) is 49.7 Å². The van der Waals surface area contributed by atoms with Gasteiger partial charge in [-0.15, -0.1) is 22.9 Å². The summed E-state index contributed by atoms with van der Waals surface area (Å²) in [6, 6.07) is 7.93. The molecule has 1 unspecified atom stereocenters. The first-order valence-corrected chi connectivity index (χ1v) is 11.6. The summed E-state index contributed by atoms with van der Waals surface area (Å²) in [5.74, 6) is -0.373. The van der Waals surface area contributed by atoms with Crippen LogP contribution < -0.4 is 0 Å². The summed E-state index contributed by atoms with van der Waals surface area (Å²) in [5.41, 5.74) is 1.20. The van der Waals surface area contributed by atoms with Crippen LogP contribution in [-0.2, 0) is 16.0 Å². The molecule has 1 atom stereocenters. The third-order valence-corrected chi connectivity index (χ3v) is 7.24. The minimum Gasteiger partial charge on any atom is -0.330 e. The van der Waals surface area contributed by atoms with Crippen molar-refractivity contribution in [1.29, 1.82) is 0 Å². The smallest absolute Gasteiger partial charge is 0.243 e. The molecule has 1 aromatic heterocycles. The van der Waals surface area contributed by atoms with Gasteiger partial charge in [0.05, 0.1) is 11.5 Å². The number of alkyl halides is 1. The highest BCUT2D eigenvalue weighted by Gasteiger charge is 2.37. The molecule has 162 valence electrons. The monoisotopic (exact) mass is 450 g/mol. The molecule has 2 heterocycles. The van der Waals surface area contributed by atoms with Gasteiger partial charge in [-0.2, -0.15) is 0 Å². The quantitative estimate of drug-likeness (QED) is 0.589. The second-order valence-electron chi connectivity index (χ2n) is 8.63. The van der Waals surface area contributed by atoms with Gasteiger partial charge in [0.1, 0.15) is 12.4 Å². The van der Waals surface area contributed by atoms with E-state index in [-0.39, 0.29) is 42.1 Å². The summed E-state index contributed by atoms with van der Waals surface area (Å²) in [6.45, 7) is 7.95. The molecule has 2 amide bonds. The molecular formula is C23H28ClFN2O2S. The van der Waals surface area contributed by atoms with Gasteiger partial charge in [-0.25, -0.2) is 4.39 Å². The molecule has 0 saturated heterocycles. The number of hydrogen-bond donors (Lipinski definition) is 0. The molecule has 0 bridgehead atoms. The second kappa shape index (κ2) is 9.06. The summed E-state index contributed by atoms with van der Waals surface area (Å²) in [5, 5.41) is 2.03. The Bertz CT molecular complexity index is 910. The Morgan fingerprint density at radius 3 is 2.53 bits per heavy atom. The summed E-state index contributed by atoms with van der Waals surface area (Å²) < 4.78 is 13.5. The van der Waals surface area contributed by atoms with Crippen LogP contribution in [0.5, 0.6) is 0 Å². The zero-order valence-corrected chi connectivity index (χ0v) is 19.4. The molecule has 0 fully saturated rings. The van der Waals surface area contributed by atoms with Gasteiger partial charge in [-0.1, -0.05) is 12.1 Å². The fourth-order valence-corrected chi connectivity index (χ4v) is 4.78. The highest BCUT2D eigenvalue weighted by Crippen LogP contribution is 2.38. The lowest BCUT2D eigenvalue weighted by Gasteiger charge is -2.39. The number of halogens is 2. The van der Waals surface area contributed by atoms with Gasteiger partial charge in [0, 0.05) is 23.3 Å². The highest BCUT2D eigenvalue weighted by atomic mass is 35.5. The number of hydrogen-bond acceptors (Lipinski definition) is 3. The zero-order valence-electron chi connectivity index (χ0n) is 17.8. The number of fused-ring (bicyclic) bond motifs is 1. The SMILES string of the molecule is CC(C)N(CC(=O)N1CCc2sccc2C1c1ccc(F)cc1)C(=O)C(C)(C)CCl. The van der Waals surface area contributed by atoms with E-state index in [2.05, 4.69) is 0 Å². The van der Waals surface area contributed by atoms with Crippen molar-refractivity contribution in [2.75, 3.05) is 19.0 Å². The molecule has 0 saturated carbocycles. The van der Waals surface area contributed by atoms with Crippen molar-refractivity contribution in [3.8, 4) is 0 Å². The largest absolute Gasteiger partial charge is 0.330 e. The topological polar surface area (TPSA) is 40.6 Å². The van der Waals surface area contributed by atoms with Gasteiger partial charge >= 0.3 is 0 Å². The first kappa shape index (κ1) is 22.8. The number of amides is 2. The lowest BCUT2D eigenvalue weighted by Crippen LogP contribution is -2.52. The molecule has 0 aliphatic carbocycles. The van der Waals surface area contributed by atoms with Crippen LogP contribution in [0, 0.1) is 11.2 Å². The predicted octanol–water partition coefficient (Wildman–Crippen LogP) is 4.86. The van der Waals surface area contributed by atoms with Crippen molar-refractivity contribution < 1.29 is 14.0 Å². The van der Waals surface area contributed by atoms with Crippen molar-refractivity contribution >= 4 is 34.8 Å². The molecule has 1 aliphatic heterocycles. The molecule has 0 radical (unpaired) electrons.